The molecule has 2 aromatic carbocycles. The molecule has 0 atom stereocenters. The van der Waals surface area contributed by atoms with Gasteiger partial charge in [0.1, 0.15) is 0 Å². The summed E-state index contributed by atoms with van der Waals surface area (Å²) in [5.41, 5.74) is 2.24. The molecule has 10 nitrogen and oxygen atoms in total. The predicted octanol–water partition coefficient (Wildman–Crippen LogP) is 3.24. The lowest BCUT2D eigenvalue weighted by Gasteiger charge is -2.40. The van der Waals surface area contributed by atoms with E-state index in [1.54, 1.807) is 33.7 Å². The van der Waals surface area contributed by atoms with Crippen molar-refractivity contribution in [2.24, 2.45) is 0 Å². The number of piperazine rings is 1. The van der Waals surface area contributed by atoms with Crippen molar-refractivity contribution in [1.29, 1.82) is 0 Å². The summed E-state index contributed by atoms with van der Waals surface area (Å²) < 4.78 is 7.74. The van der Waals surface area contributed by atoms with Gasteiger partial charge in [0.2, 0.25) is 0 Å². The molecule has 0 aliphatic carbocycles. The Morgan fingerprint density at radius 3 is 2.28 bits per heavy atom. The highest BCUT2D eigenvalue weighted by Gasteiger charge is 2.31. The molecular formula is C34H41Cl2N6O4+. The third-order valence-corrected chi connectivity index (χ3v) is 10.1. The standard InChI is InChI=1S/C34H40Cl2N6O4/c35-28-7-6-24(20-29(28)36)21-31(33(44)41-18-16-39(17-19-41)26-8-12-37-13-9-26)46-23-32(43)40-14-10-27(11-15-40)42-22-30(38-34(42)45)25-4-2-1-3-5-25/h1-7,20-22,26-27,37H,8-19,23H2,(H,38,45)/p+1. The van der Waals surface area contributed by atoms with Crippen molar-refractivity contribution in [2.45, 2.75) is 37.8 Å². The second-order valence-corrected chi connectivity index (χ2v) is 13.1. The molecule has 3 saturated heterocycles. The number of quaternary nitrogens is 1. The van der Waals surface area contributed by atoms with Gasteiger partial charge in [-0.05, 0) is 42.2 Å². The number of nitrogens with zero attached hydrogens (tertiary/aromatic N) is 4. The number of halogens is 2. The number of ether oxygens (including phenoxy) is 1. The molecule has 12 heteroatoms. The number of imidazole rings is 1. The number of aromatic nitrogens is 2. The van der Waals surface area contributed by atoms with Gasteiger partial charge in [-0.3, -0.25) is 19.1 Å². The number of rotatable bonds is 8. The van der Waals surface area contributed by atoms with Gasteiger partial charge in [0, 0.05) is 70.4 Å². The van der Waals surface area contributed by atoms with Gasteiger partial charge in [-0.15, -0.1) is 0 Å². The number of carbonyl (C=O) groups is 2. The van der Waals surface area contributed by atoms with Gasteiger partial charge in [0.25, 0.3) is 11.8 Å². The molecule has 0 saturated carbocycles. The Bertz CT molecular complexity index is 1600. The van der Waals surface area contributed by atoms with Gasteiger partial charge in [-0.2, -0.15) is 0 Å². The average molecular weight is 669 g/mol. The Hall–Kier alpha value is -3.57. The van der Waals surface area contributed by atoms with E-state index in [4.69, 9.17) is 27.9 Å². The number of benzene rings is 2. The Balaban J connectivity index is 1.08. The molecule has 3 N–H and O–H groups in total. The maximum absolute atomic E-state index is 13.8. The zero-order valence-electron chi connectivity index (χ0n) is 25.9. The van der Waals surface area contributed by atoms with E-state index in [9.17, 15) is 14.4 Å². The molecule has 244 valence electrons. The quantitative estimate of drug-likeness (QED) is 0.283. The average Bonchev–Trinajstić information content (AvgIpc) is 3.50. The van der Waals surface area contributed by atoms with E-state index in [0.717, 1.165) is 37.4 Å². The van der Waals surface area contributed by atoms with E-state index < -0.39 is 0 Å². The monoisotopic (exact) mass is 667 g/mol. The van der Waals surface area contributed by atoms with Crippen molar-refractivity contribution in [1.82, 2.24) is 24.3 Å². The zero-order chi connectivity index (χ0) is 32.0. The van der Waals surface area contributed by atoms with Crippen LogP contribution < -0.4 is 11.0 Å². The normalized spacial score (nSPS) is 19.0. The third kappa shape index (κ3) is 7.69. The lowest BCUT2D eigenvalue weighted by atomic mass is 10.0. The van der Waals surface area contributed by atoms with Crippen molar-refractivity contribution in [2.75, 3.05) is 59.0 Å². The van der Waals surface area contributed by atoms with Gasteiger partial charge in [0.05, 0.1) is 28.8 Å². The first-order valence-corrected chi connectivity index (χ1v) is 16.9. The maximum Gasteiger partial charge on any atom is 0.326 e. The van der Waals surface area contributed by atoms with Crippen LogP contribution in [0.4, 0.5) is 0 Å². The molecule has 3 aliphatic heterocycles. The number of nitrogens with one attached hydrogen (secondary N) is 1. The first-order chi connectivity index (χ1) is 22.4. The number of H-pyrrole nitrogens is 1. The Morgan fingerprint density at radius 2 is 1.59 bits per heavy atom. The van der Waals surface area contributed by atoms with Gasteiger partial charge in [0.15, 0.2) is 12.4 Å². The zero-order valence-corrected chi connectivity index (χ0v) is 27.4. The maximum atomic E-state index is 13.8. The summed E-state index contributed by atoms with van der Waals surface area (Å²) in [7, 11) is 0. The number of hydrogen-bond acceptors (Lipinski definition) is 5. The van der Waals surface area contributed by atoms with E-state index in [1.165, 1.54) is 12.8 Å². The van der Waals surface area contributed by atoms with E-state index in [0.29, 0.717) is 60.7 Å². The van der Waals surface area contributed by atoms with Crippen LogP contribution in [0.5, 0.6) is 0 Å². The minimum atomic E-state index is -0.260. The smallest absolute Gasteiger partial charge is 0.326 e. The summed E-state index contributed by atoms with van der Waals surface area (Å²) in [6.07, 6.45) is 7.14. The number of aromatic amines is 1. The van der Waals surface area contributed by atoms with E-state index in [1.807, 2.05) is 41.4 Å². The topological polar surface area (TPSA) is 107 Å². The van der Waals surface area contributed by atoms with Crippen LogP contribution in [0.15, 0.2) is 65.3 Å². The Morgan fingerprint density at radius 1 is 0.870 bits per heavy atom. The van der Waals surface area contributed by atoms with E-state index >= 15 is 0 Å². The number of hydrogen-bond donors (Lipinski definition) is 2. The van der Waals surface area contributed by atoms with Crippen molar-refractivity contribution < 1.29 is 19.6 Å². The molecule has 1 aromatic heterocycles. The fourth-order valence-corrected chi connectivity index (χ4v) is 7.02. The second kappa shape index (κ2) is 14.9. The minimum Gasteiger partial charge on any atom is -0.478 e. The molecule has 4 heterocycles. The number of nitrogens with two attached hydrogens (primary N) is 1. The van der Waals surface area contributed by atoms with Gasteiger partial charge in [-0.25, -0.2) is 4.79 Å². The number of piperidine rings is 2. The van der Waals surface area contributed by atoms with Gasteiger partial charge in [-0.1, -0.05) is 59.6 Å². The number of carbonyl (C=O) groups excluding carboxylic acids is 2. The fraction of sp³-hybridized carbons (Fsp3) is 0.441. The SMILES string of the molecule is O=C(COC(=Cc1ccc(Cl)c(Cl)c1)C(=O)N1CCN(C2CC[NH2+]CC2)CC1)N1CCC(n2cc(-c3ccccc3)[nH]c2=O)CC1. The van der Waals surface area contributed by atoms with Crippen LogP contribution in [0, 0.1) is 0 Å². The van der Waals surface area contributed by atoms with Gasteiger partial charge >= 0.3 is 5.69 Å². The first-order valence-electron chi connectivity index (χ1n) is 16.1. The number of likely N-dealkylation sites (tertiary alicyclic amines) is 1. The summed E-state index contributed by atoms with van der Waals surface area (Å²) in [5.74, 6) is -0.332. The highest BCUT2D eigenvalue weighted by atomic mass is 35.5. The lowest BCUT2D eigenvalue weighted by Crippen LogP contribution is -2.87. The molecule has 0 bridgehead atoms. The Labute approximate surface area is 278 Å². The molecule has 0 radical (unpaired) electrons. The van der Waals surface area contributed by atoms with Crippen LogP contribution >= 0.6 is 23.2 Å². The van der Waals surface area contributed by atoms with Crippen LogP contribution in [-0.2, 0) is 14.3 Å². The van der Waals surface area contributed by atoms with Crippen LogP contribution in [0.2, 0.25) is 10.0 Å². The summed E-state index contributed by atoms with van der Waals surface area (Å²) in [6, 6.07) is 15.4. The van der Waals surface area contributed by atoms with Crippen LogP contribution in [0.1, 0.15) is 37.3 Å². The minimum absolute atomic E-state index is 0.0109. The van der Waals surface area contributed by atoms with Gasteiger partial charge < -0.3 is 24.8 Å². The molecule has 3 aromatic rings. The van der Waals surface area contributed by atoms with Crippen molar-refractivity contribution in [3.05, 3.63) is 86.6 Å². The molecular weight excluding hydrogens is 627 g/mol. The first kappa shape index (κ1) is 32.4. The van der Waals surface area contributed by atoms with Crippen LogP contribution in [0.25, 0.3) is 17.3 Å². The predicted molar refractivity (Wildman–Crippen MR) is 179 cm³/mol. The van der Waals surface area contributed by atoms with Crippen LogP contribution in [-0.4, -0.2) is 101 Å². The highest BCUT2D eigenvalue weighted by molar-refractivity contribution is 6.42. The molecule has 46 heavy (non-hydrogen) atoms. The van der Waals surface area contributed by atoms with Crippen molar-refractivity contribution >= 4 is 41.1 Å². The Kier molecular flexibility index (Phi) is 10.5. The summed E-state index contributed by atoms with van der Waals surface area (Å²) in [5, 5.41) is 3.15. The lowest BCUT2D eigenvalue weighted by molar-refractivity contribution is -0.664. The summed E-state index contributed by atoms with van der Waals surface area (Å²) in [4.78, 5) is 48.8. The molecule has 2 amide bonds. The number of amides is 2. The largest absolute Gasteiger partial charge is 0.478 e. The molecule has 3 aliphatic rings. The van der Waals surface area contributed by atoms with Crippen LogP contribution in [0.3, 0.4) is 0 Å². The van der Waals surface area contributed by atoms with Crippen molar-refractivity contribution in [3.8, 4) is 11.3 Å². The summed E-state index contributed by atoms with van der Waals surface area (Å²) >= 11 is 12.4. The highest BCUT2D eigenvalue weighted by Crippen LogP contribution is 2.26. The van der Waals surface area contributed by atoms with E-state index in [2.05, 4.69) is 15.2 Å². The third-order valence-electron chi connectivity index (χ3n) is 9.37. The van der Waals surface area contributed by atoms with E-state index in [-0.39, 0.29) is 35.9 Å². The molecule has 0 spiro atoms. The second-order valence-electron chi connectivity index (χ2n) is 12.3. The summed E-state index contributed by atoms with van der Waals surface area (Å²) in [6.45, 7) is 5.88. The molecule has 3 fully saturated rings. The fourth-order valence-electron chi connectivity index (χ4n) is 6.71. The van der Waals surface area contributed by atoms with Crippen molar-refractivity contribution in [3.63, 3.8) is 0 Å². The molecule has 6 rings (SSSR count). The molecule has 0 unspecified atom stereocenters.